The lowest BCUT2D eigenvalue weighted by Crippen LogP contribution is -2.29. The lowest BCUT2D eigenvalue weighted by atomic mass is 9.91. The van der Waals surface area contributed by atoms with E-state index in [4.69, 9.17) is 0 Å². The van der Waals surface area contributed by atoms with Gasteiger partial charge in [-0.05, 0) is 50.0 Å². The molecule has 0 spiro atoms. The Balaban J connectivity index is 2.63. The molecule has 0 radical (unpaired) electrons. The maximum atomic E-state index is 12.5. The molecule has 2 nitrogen and oxygen atoms in total. The third-order valence-corrected chi connectivity index (χ3v) is 3.18. The smallest absolute Gasteiger partial charge is 0.385 e. The van der Waals surface area contributed by atoms with E-state index in [0.29, 0.717) is 24.4 Å². The maximum Gasteiger partial charge on any atom is 0.416 e. The van der Waals surface area contributed by atoms with Crippen LogP contribution in [0, 0.1) is 5.92 Å². The van der Waals surface area contributed by atoms with Crippen molar-refractivity contribution >= 4 is 0 Å². The van der Waals surface area contributed by atoms with Crippen molar-refractivity contribution in [3.8, 4) is 0 Å². The minimum absolute atomic E-state index is 0.449. The number of halogens is 3. The van der Waals surface area contributed by atoms with Crippen LogP contribution in [-0.2, 0) is 11.8 Å². The highest BCUT2D eigenvalue weighted by Gasteiger charge is 2.31. The summed E-state index contributed by atoms with van der Waals surface area (Å²) in [5.74, 6) is 0.519. The van der Waals surface area contributed by atoms with Crippen LogP contribution in [0.25, 0.3) is 0 Å². The average molecular weight is 289 g/mol. The fraction of sp³-hybridized carbons (Fsp3) is 0.600. The van der Waals surface area contributed by atoms with Gasteiger partial charge < -0.3 is 10.4 Å². The molecule has 1 aromatic rings. The van der Waals surface area contributed by atoms with Crippen molar-refractivity contribution in [2.45, 2.75) is 39.0 Å². The molecule has 0 aliphatic carbocycles. The summed E-state index contributed by atoms with van der Waals surface area (Å²) < 4.78 is 37.4. The van der Waals surface area contributed by atoms with Crippen LogP contribution in [0.15, 0.2) is 24.3 Å². The number of hydrogen-bond donors (Lipinski definition) is 2. The predicted molar refractivity (Wildman–Crippen MR) is 73.3 cm³/mol. The zero-order valence-electron chi connectivity index (χ0n) is 12.1. The van der Waals surface area contributed by atoms with Crippen LogP contribution in [0.1, 0.15) is 38.3 Å². The number of alkyl halides is 3. The lowest BCUT2D eigenvalue weighted by molar-refractivity contribution is -0.137. The van der Waals surface area contributed by atoms with E-state index in [1.54, 1.807) is 6.92 Å². The minimum atomic E-state index is -4.34. The summed E-state index contributed by atoms with van der Waals surface area (Å²) in [6.07, 6.45) is -3.89. The fourth-order valence-electron chi connectivity index (χ4n) is 1.89. The molecule has 0 bridgehead atoms. The van der Waals surface area contributed by atoms with E-state index >= 15 is 0 Å². The van der Waals surface area contributed by atoms with Gasteiger partial charge in [-0.1, -0.05) is 26.0 Å². The molecule has 0 saturated heterocycles. The van der Waals surface area contributed by atoms with Gasteiger partial charge in [0.05, 0.1) is 11.2 Å². The highest BCUT2D eigenvalue weighted by molar-refractivity contribution is 5.28. The van der Waals surface area contributed by atoms with E-state index in [1.807, 2.05) is 0 Å². The Bertz CT molecular complexity index is 410. The van der Waals surface area contributed by atoms with E-state index in [1.165, 1.54) is 12.1 Å². The molecule has 1 aromatic carbocycles. The molecule has 1 unspecified atom stereocenters. The van der Waals surface area contributed by atoms with Gasteiger partial charge in [0.2, 0.25) is 0 Å². The molecule has 0 saturated carbocycles. The quantitative estimate of drug-likeness (QED) is 0.785. The number of aliphatic hydroxyl groups is 1. The van der Waals surface area contributed by atoms with Gasteiger partial charge >= 0.3 is 6.18 Å². The molecule has 5 heteroatoms. The summed E-state index contributed by atoms with van der Waals surface area (Å²) in [6, 6.07) is 4.69. The van der Waals surface area contributed by atoms with Crippen molar-refractivity contribution < 1.29 is 18.3 Å². The zero-order chi connectivity index (χ0) is 15.4. The molecule has 0 aliphatic rings. The van der Waals surface area contributed by atoms with Crippen molar-refractivity contribution in [2.24, 2.45) is 5.92 Å². The molecule has 20 heavy (non-hydrogen) atoms. The van der Waals surface area contributed by atoms with Gasteiger partial charge in [-0.25, -0.2) is 0 Å². The third kappa shape index (κ3) is 5.13. The molecule has 114 valence electrons. The zero-order valence-corrected chi connectivity index (χ0v) is 12.1. The normalized spacial score (nSPS) is 15.4. The second-order valence-electron chi connectivity index (χ2n) is 5.70. The SMILES string of the molecule is CC(C)CNCCC(C)(O)c1ccc(C(F)(F)F)cc1. The number of benzene rings is 1. The summed E-state index contributed by atoms with van der Waals surface area (Å²) in [6.45, 7) is 7.25. The third-order valence-electron chi connectivity index (χ3n) is 3.18. The molecule has 0 heterocycles. The molecular formula is C15H22F3NO. The van der Waals surface area contributed by atoms with Crippen molar-refractivity contribution in [3.05, 3.63) is 35.4 Å². The van der Waals surface area contributed by atoms with Gasteiger partial charge in [0, 0.05) is 0 Å². The van der Waals surface area contributed by atoms with Gasteiger partial charge in [0.15, 0.2) is 0 Å². The Morgan fingerprint density at radius 2 is 1.60 bits per heavy atom. The summed E-state index contributed by atoms with van der Waals surface area (Å²) in [5, 5.41) is 13.5. The first kappa shape index (κ1) is 17.0. The fourth-order valence-corrected chi connectivity index (χ4v) is 1.89. The van der Waals surface area contributed by atoms with Crippen LogP contribution < -0.4 is 5.32 Å². The first-order valence-corrected chi connectivity index (χ1v) is 6.74. The minimum Gasteiger partial charge on any atom is -0.385 e. The van der Waals surface area contributed by atoms with Crippen LogP contribution in [0.4, 0.5) is 13.2 Å². The monoisotopic (exact) mass is 289 g/mol. The highest BCUT2D eigenvalue weighted by Crippen LogP contribution is 2.31. The Morgan fingerprint density at radius 1 is 1.10 bits per heavy atom. The molecule has 2 N–H and O–H groups in total. The van der Waals surface area contributed by atoms with Crippen molar-refractivity contribution in [2.75, 3.05) is 13.1 Å². The van der Waals surface area contributed by atoms with E-state index in [-0.39, 0.29) is 0 Å². The summed E-state index contributed by atoms with van der Waals surface area (Å²) in [5.41, 5.74) is -1.33. The predicted octanol–water partition coefficient (Wildman–Crippen LogP) is 3.55. The Kier molecular flexibility index (Phi) is 5.59. The van der Waals surface area contributed by atoms with Crippen LogP contribution >= 0.6 is 0 Å². The Morgan fingerprint density at radius 3 is 2.05 bits per heavy atom. The van der Waals surface area contributed by atoms with Gasteiger partial charge in [0.25, 0.3) is 0 Å². The first-order chi connectivity index (χ1) is 9.13. The largest absolute Gasteiger partial charge is 0.416 e. The second kappa shape index (κ2) is 6.59. The van der Waals surface area contributed by atoms with Crippen LogP contribution in [-0.4, -0.2) is 18.2 Å². The Hall–Kier alpha value is -1.07. The van der Waals surface area contributed by atoms with Crippen LogP contribution in [0.5, 0.6) is 0 Å². The molecule has 0 aliphatic heterocycles. The van der Waals surface area contributed by atoms with Crippen molar-refractivity contribution in [1.29, 1.82) is 0 Å². The number of rotatable bonds is 6. The van der Waals surface area contributed by atoms with Gasteiger partial charge in [-0.2, -0.15) is 13.2 Å². The summed E-state index contributed by atoms with van der Waals surface area (Å²) in [7, 11) is 0. The van der Waals surface area contributed by atoms with Crippen LogP contribution in [0.2, 0.25) is 0 Å². The second-order valence-corrected chi connectivity index (χ2v) is 5.70. The van der Waals surface area contributed by atoms with E-state index in [2.05, 4.69) is 19.2 Å². The molecule has 1 atom stereocenters. The van der Waals surface area contributed by atoms with Crippen LogP contribution in [0.3, 0.4) is 0 Å². The standard InChI is InChI=1S/C15H22F3NO/c1-11(2)10-19-9-8-14(3,20)12-4-6-13(7-5-12)15(16,17)18/h4-7,11,19-20H,8-10H2,1-3H3. The molecule has 0 fully saturated rings. The molecule has 0 amide bonds. The highest BCUT2D eigenvalue weighted by atomic mass is 19.4. The Labute approximate surface area is 118 Å². The van der Waals surface area contributed by atoms with Gasteiger partial charge in [0.1, 0.15) is 0 Å². The van der Waals surface area contributed by atoms with E-state index < -0.39 is 17.3 Å². The number of nitrogens with one attached hydrogen (secondary N) is 1. The molecule has 0 aromatic heterocycles. The lowest BCUT2D eigenvalue weighted by Gasteiger charge is -2.24. The summed E-state index contributed by atoms with van der Waals surface area (Å²) >= 11 is 0. The van der Waals surface area contributed by atoms with Gasteiger partial charge in [-0.3, -0.25) is 0 Å². The van der Waals surface area contributed by atoms with E-state index in [9.17, 15) is 18.3 Å². The van der Waals surface area contributed by atoms with Gasteiger partial charge in [-0.15, -0.1) is 0 Å². The topological polar surface area (TPSA) is 32.3 Å². The van der Waals surface area contributed by atoms with Crippen molar-refractivity contribution in [3.63, 3.8) is 0 Å². The maximum absolute atomic E-state index is 12.5. The van der Waals surface area contributed by atoms with Crippen molar-refractivity contribution in [1.82, 2.24) is 5.32 Å². The molecular weight excluding hydrogens is 267 g/mol. The summed E-state index contributed by atoms with van der Waals surface area (Å²) in [4.78, 5) is 0. The number of hydrogen-bond acceptors (Lipinski definition) is 2. The average Bonchev–Trinajstić information content (AvgIpc) is 2.34. The van der Waals surface area contributed by atoms with E-state index in [0.717, 1.165) is 18.7 Å². The molecule has 1 rings (SSSR count). The first-order valence-electron chi connectivity index (χ1n) is 6.74.